The normalized spacial score (nSPS) is 17.1. The molecule has 1 unspecified atom stereocenters. The van der Waals surface area contributed by atoms with Crippen molar-refractivity contribution in [1.29, 1.82) is 0 Å². The molecule has 1 atom stereocenters. The lowest BCUT2D eigenvalue weighted by molar-refractivity contribution is -0.122. The maximum atomic E-state index is 12.2. The molecule has 2 amide bonds. The van der Waals surface area contributed by atoms with Crippen LogP contribution in [0, 0.1) is 11.8 Å². The average molecular weight is 324 g/mol. The van der Waals surface area contributed by atoms with Crippen LogP contribution in [0.1, 0.15) is 39.3 Å². The maximum Gasteiger partial charge on any atom is 0.228 e. The number of carbonyl (C=O) groups excluding carboxylic acids is 2. The Morgan fingerprint density at radius 1 is 1.50 bits per heavy atom. The lowest BCUT2D eigenvalue weighted by atomic mass is 9.95. The SMILES string of the molecule is CC(C)C(=O)Nc1nc(CC(=O)NC(C)(CN)C2CC2)cs1. The van der Waals surface area contributed by atoms with Crippen LogP contribution >= 0.6 is 11.3 Å². The summed E-state index contributed by atoms with van der Waals surface area (Å²) in [6, 6.07) is 0. The van der Waals surface area contributed by atoms with E-state index in [-0.39, 0.29) is 29.7 Å². The maximum absolute atomic E-state index is 12.2. The number of carbonyl (C=O) groups is 2. The smallest absolute Gasteiger partial charge is 0.228 e. The summed E-state index contributed by atoms with van der Waals surface area (Å²) in [4.78, 5) is 28.1. The van der Waals surface area contributed by atoms with Crippen molar-refractivity contribution in [3.8, 4) is 0 Å². The Labute approximate surface area is 134 Å². The van der Waals surface area contributed by atoms with Crippen LogP contribution in [0.5, 0.6) is 0 Å². The summed E-state index contributed by atoms with van der Waals surface area (Å²) < 4.78 is 0. The first-order chi connectivity index (χ1) is 10.3. The number of thiazole rings is 1. The van der Waals surface area contributed by atoms with Crippen molar-refractivity contribution in [2.24, 2.45) is 17.6 Å². The molecular weight excluding hydrogens is 300 g/mol. The van der Waals surface area contributed by atoms with Gasteiger partial charge in [0.1, 0.15) is 0 Å². The van der Waals surface area contributed by atoms with Crippen LogP contribution < -0.4 is 16.4 Å². The van der Waals surface area contributed by atoms with E-state index in [9.17, 15) is 9.59 Å². The van der Waals surface area contributed by atoms with E-state index in [1.165, 1.54) is 11.3 Å². The van der Waals surface area contributed by atoms with Gasteiger partial charge in [0.05, 0.1) is 17.7 Å². The molecule has 0 aromatic carbocycles. The van der Waals surface area contributed by atoms with Gasteiger partial charge in [0.25, 0.3) is 0 Å². The Morgan fingerprint density at radius 2 is 2.18 bits per heavy atom. The fourth-order valence-electron chi connectivity index (χ4n) is 2.26. The highest BCUT2D eigenvalue weighted by molar-refractivity contribution is 7.13. The number of rotatable bonds is 7. The Kier molecular flexibility index (Phi) is 5.18. The number of nitrogens with one attached hydrogen (secondary N) is 2. The van der Waals surface area contributed by atoms with Crippen LogP contribution in [0.4, 0.5) is 5.13 Å². The van der Waals surface area contributed by atoms with Crippen molar-refractivity contribution < 1.29 is 9.59 Å². The van der Waals surface area contributed by atoms with Gasteiger partial charge in [-0.1, -0.05) is 13.8 Å². The highest BCUT2D eigenvalue weighted by atomic mass is 32.1. The van der Waals surface area contributed by atoms with Crippen LogP contribution in [0.25, 0.3) is 0 Å². The summed E-state index contributed by atoms with van der Waals surface area (Å²) in [5.41, 5.74) is 6.15. The zero-order valence-corrected chi connectivity index (χ0v) is 14.1. The topological polar surface area (TPSA) is 97.1 Å². The minimum absolute atomic E-state index is 0.0743. The lowest BCUT2D eigenvalue weighted by Gasteiger charge is -2.29. The van der Waals surface area contributed by atoms with Crippen LogP contribution in [0.3, 0.4) is 0 Å². The largest absolute Gasteiger partial charge is 0.349 e. The van der Waals surface area contributed by atoms with Gasteiger partial charge in [-0.3, -0.25) is 9.59 Å². The van der Waals surface area contributed by atoms with E-state index in [2.05, 4.69) is 15.6 Å². The molecule has 2 rings (SSSR count). The van der Waals surface area contributed by atoms with Crippen LogP contribution in [-0.2, 0) is 16.0 Å². The minimum Gasteiger partial charge on any atom is -0.349 e. The molecule has 1 aromatic rings. The number of hydrogen-bond acceptors (Lipinski definition) is 5. The van der Waals surface area contributed by atoms with Crippen LogP contribution in [0.15, 0.2) is 5.38 Å². The third kappa shape index (κ3) is 4.27. The Balaban J connectivity index is 1.89. The van der Waals surface area contributed by atoms with Crippen LogP contribution in [0.2, 0.25) is 0 Å². The first-order valence-corrected chi connectivity index (χ1v) is 8.48. The molecule has 7 heteroatoms. The summed E-state index contributed by atoms with van der Waals surface area (Å²) in [6.07, 6.45) is 2.45. The molecule has 0 spiro atoms. The molecule has 0 bridgehead atoms. The second-order valence-electron chi connectivity index (χ2n) is 6.41. The van der Waals surface area contributed by atoms with E-state index in [0.29, 0.717) is 23.3 Å². The molecule has 122 valence electrons. The summed E-state index contributed by atoms with van der Waals surface area (Å²) in [5, 5.41) is 8.11. The van der Waals surface area contributed by atoms with Gasteiger partial charge in [-0.25, -0.2) is 4.98 Å². The molecule has 1 heterocycles. The third-order valence-corrected chi connectivity index (χ3v) is 4.78. The molecule has 1 aromatic heterocycles. The first kappa shape index (κ1) is 16.9. The first-order valence-electron chi connectivity index (χ1n) is 7.60. The lowest BCUT2D eigenvalue weighted by Crippen LogP contribution is -2.53. The van der Waals surface area contributed by atoms with Gasteiger partial charge in [0.15, 0.2) is 5.13 Å². The molecular formula is C15H24N4O2S. The van der Waals surface area contributed by atoms with Crippen molar-refractivity contribution >= 4 is 28.3 Å². The number of nitrogens with two attached hydrogens (primary N) is 1. The Hall–Kier alpha value is -1.47. The van der Waals surface area contributed by atoms with E-state index in [1.807, 2.05) is 20.8 Å². The predicted octanol–water partition coefficient (Wildman–Crippen LogP) is 1.52. The fraction of sp³-hybridized carbons (Fsp3) is 0.667. The average Bonchev–Trinajstić information content (AvgIpc) is 3.22. The van der Waals surface area contributed by atoms with Gasteiger partial charge in [0.2, 0.25) is 11.8 Å². The standard InChI is InChI=1S/C15H24N4O2S/c1-9(2)13(21)18-14-17-11(7-22-14)6-12(20)19-15(3,8-16)10-4-5-10/h7,9-10H,4-6,8,16H2,1-3H3,(H,19,20)(H,17,18,21). The zero-order valence-electron chi connectivity index (χ0n) is 13.3. The Bertz CT molecular complexity index is 553. The summed E-state index contributed by atoms with van der Waals surface area (Å²) in [7, 11) is 0. The zero-order chi connectivity index (χ0) is 16.3. The predicted molar refractivity (Wildman–Crippen MR) is 87.6 cm³/mol. The molecule has 1 aliphatic rings. The number of amides is 2. The van der Waals surface area contributed by atoms with Gasteiger partial charge >= 0.3 is 0 Å². The van der Waals surface area contributed by atoms with Crippen molar-refractivity contribution in [2.45, 2.75) is 45.6 Å². The molecule has 0 saturated heterocycles. The molecule has 0 radical (unpaired) electrons. The molecule has 6 nitrogen and oxygen atoms in total. The van der Waals surface area contributed by atoms with Crippen molar-refractivity contribution in [3.05, 3.63) is 11.1 Å². The minimum atomic E-state index is -0.318. The summed E-state index contributed by atoms with van der Waals surface area (Å²) >= 11 is 1.33. The highest BCUT2D eigenvalue weighted by Gasteiger charge is 2.41. The number of aromatic nitrogens is 1. The molecule has 1 aliphatic carbocycles. The highest BCUT2D eigenvalue weighted by Crippen LogP contribution is 2.39. The van der Waals surface area contributed by atoms with Gasteiger partial charge in [-0.2, -0.15) is 0 Å². The molecule has 4 N–H and O–H groups in total. The van der Waals surface area contributed by atoms with E-state index in [4.69, 9.17) is 5.73 Å². The summed E-state index contributed by atoms with van der Waals surface area (Å²) in [5.74, 6) is 0.235. The van der Waals surface area contributed by atoms with Crippen molar-refractivity contribution in [1.82, 2.24) is 10.3 Å². The van der Waals surface area contributed by atoms with Gasteiger partial charge < -0.3 is 16.4 Å². The molecule has 1 saturated carbocycles. The van der Waals surface area contributed by atoms with E-state index < -0.39 is 0 Å². The quantitative estimate of drug-likeness (QED) is 0.708. The van der Waals surface area contributed by atoms with E-state index >= 15 is 0 Å². The van der Waals surface area contributed by atoms with E-state index in [1.54, 1.807) is 5.38 Å². The third-order valence-electron chi connectivity index (χ3n) is 3.98. The number of anilines is 1. The fourth-order valence-corrected chi connectivity index (χ4v) is 2.98. The number of hydrogen-bond donors (Lipinski definition) is 3. The van der Waals surface area contributed by atoms with Crippen molar-refractivity contribution in [3.63, 3.8) is 0 Å². The van der Waals surface area contributed by atoms with E-state index in [0.717, 1.165) is 12.8 Å². The molecule has 22 heavy (non-hydrogen) atoms. The monoisotopic (exact) mass is 324 g/mol. The molecule has 0 aliphatic heterocycles. The van der Waals surface area contributed by atoms with Gasteiger partial charge in [-0.05, 0) is 25.7 Å². The Morgan fingerprint density at radius 3 is 2.73 bits per heavy atom. The van der Waals surface area contributed by atoms with Crippen LogP contribution in [-0.4, -0.2) is 28.9 Å². The summed E-state index contributed by atoms with van der Waals surface area (Å²) in [6.45, 7) is 6.08. The van der Waals surface area contributed by atoms with Gasteiger partial charge in [0, 0.05) is 17.8 Å². The second kappa shape index (κ2) is 6.75. The second-order valence-corrected chi connectivity index (χ2v) is 7.27. The van der Waals surface area contributed by atoms with Gasteiger partial charge in [-0.15, -0.1) is 11.3 Å². The molecule has 1 fully saturated rings. The van der Waals surface area contributed by atoms with Crippen molar-refractivity contribution in [2.75, 3.05) is 11.9 Å². The number of nitrogens with zero attached hydrogens (tertiary/aromatic N) is 1.